The molecule has 0 aliphatic carbocycles. The maximum atomic E-state index is 5.11. The van der Waals surface area contributed by atoms with E-state index < -0.39 is 0 Å². The van der Waals surface area contributed by atoms with Crippen LogP contribution in [0.5, 0.6) is 5.75 Å². The third kappa shape index (κ3) is 5.14. The van der Waals surface area contributed by atoms with Crippen molar-refractivity contribution in [2.45, 2.75) is 12.8 Å². The van der Waals surface area contributed by atoms with E-state index in [4.69, 9.17) is 9.47 Å². The van der Waals surface area contributed by atoms with Crippen molar-refractivity contribution in [3.05, 3.63) is 29.8 Å². The summed E-state index contributed by atoms with van der Waals surface area (Å²) in [7, 11) is 3.42. The summed E-state index contributed by atoms with van der Waals surface area (Å²) in [4.78, 5) is 0. The molecule has 0 fully saturated rings. The van der Waals surface area contributed by atoms with Gasteiger partial charge in [0, 0.05) is 13.7 Å². The molecule has 0 aliphatic heterocycles. The first-order valence-corrected chi connectivity index (χ1v) is 5.69. The van der Waals surface area contributed by atoms with Crippen LogP contribution in [0.25, 0.3) is 0 Å². The number of rotatable bonds is 8. The number of ether oxygens (including phenoxy) is 2. The Kier molecular flexibility index (Phi) is 6.61. The fourth-order valence-corrected chi connectivity index (χ4v) is 1.49. The minimum Gasteiger partial charge on any atom is -0.497 e. The molecule has 90 valence electrons. The molecule has 1 aromatic carbocycles. The fraction of sp³-hybridized carbons (Fsp3) is 0.538. The van der Waals surface area contributed by atoms with Gasteiger partial charge in [-0.3, -0.25) is 0 Å². The molecule has 1 rings (SSSR count). The van der Waals surface area contributed by atoms with E-state index >= 15 is 0 Å². The van der Waals surface area contributed by atoms with Gasteiger partial charge in [-0.05, 0) is 43.6 Å². The van der Waals surface area contributed by atoms with Crippen LogP contribution in [-0.4, -0.2) is 33.9 Å². The Morgan fingerprint density at radius 1 is 1.06 bits per heavy atom. The maximum absolute atomic E-state index is 5.11. The van der Waals surface area contributed by atoms with Crippen LogP contribution in [0, 0.1) is 0 Å². The van der Waals surface area contributed by atoms with Crippen LogP contribution >= 0.6 is 0 Å². The molecule has 1 N–H and O–H groups in total. The normalized spacial score (nSPS) is 10.4. The van der Waals surface area contributed by atoms with Crippen LogP contribution in [0.3, 0.4) is 0 Å². The molecule has 0 heterocycles. The van der Waals surface area contributed by atoms with Crippen molar-refractivity contribution in [2.24, 2.45) is 0 Å². The van der Waals surface area contributed by atoms with Crippen LogP contribution in [0.4, 0.5) is 0 Å². The van der Waals surface area contributed by atoms with Crippen molar-refractivity contribution in [1.29, 1.82) is 0 Å². The van der Waals surface area contributed by atoms with E-state index in [0.717, 1.165) is 38.3 Å². The summed E-state index contributed by atoms with van der Waals surface area (Å²) in [6.45, 7) is 2.86. The van der Waals surface area contributed by atoms with Crippen LogP contribution in [0.1, 0.15) is 12.0 Å². The first kappa shape index (κ1) is 13.0. The fourth-order valence-electron chi connectivity index (χ4n) is 1.49. The lowest BCUT2D eigenvalue weighted by molar-refractivity contribution is 0.194. The smallest absolute Gasteiger partial charge is 0.118 e. The Labute approximate surface area is 97.8 Å². The molecule has 0 amide bonds. The minimum atomic E-state index is 0.829. The summed E-state index contributed by atoms with van der Waals surface area (Å²) >= 11 is 0. The highest BCUT2D eigenvalue weighted by Gasteiger charge is 1.94. The number of benzene rings is 1. The van der Waals surface area contributed by atoms with Crippen molar-refractivity contribution >= 4 is 0 Å². The van der Waals surface area contributed by atoms with E-state index in [0.29, 0.717) is 0 Å². The van der Waals surface area contributed by atoms with Gasteiger partial charge < -0.3 is 14.8 Å². The first-order valence-electron chi connectivity index (χ1n) is 5.69. The monoisotopic (exact) mass is 223 g/mol. The van der Waals surface area contributed by atoms with Gasteiger partial charge in [0.1, 0.15) is 5.75 Å². The average Bonchev–Trinajstić information content (AvgIpc) is 2.34. The number of nitrogens with one attached hydrogen (secondary N) is 1. The van der Waals surface area contributed by atoms with Crippen LogP contribution in [-0.2, 0) is 11.2 Å². The molecule has 0 spiro atoms. The SMILES string of the molecule is COCCCNCCc1ccc(OC)cc1. The molecule has 0 saturated carbocycles. The highest BCUT2D eigenvalue weighted by atomic mass is 16.5. The zero-order valence-electron chi connectivity index (χ0n) is 10.2. The van der Waals surface area contributed by atoms with Gasteiger partial charge in [-0.25, -0.2) is 0 Å². The third-order valence-corrected chi connectivity index (χ3v) is 2.45. The molecule has 3 heteroatoms. The second-order valence-electron chi connectivity index (χ2n) is 3.69. The minimum absolute atomic E-state index is 0.829. The Morgan fingerprint density at radius 2 is 1.81 bits per heavy atom. The first-order chi connectivity index (χ1) is 7.86. The van der Waals surface area contributed by atoms with Crippen LogP contribution in [0.2, 0.25) is 0 Å². The van der Waals surface area contributed by atoms with Gasteiger partial charge >= 0.3 is 0 Å². The summed E-state index contributed by atoms with van der Waals surface area (Å²) in [5.74, 6) is 0.914. The quantitative estimate of drug-likeness (QED) is 0.682. The number of hydrogen-bond donors (Lipinski definition) is 1. The molecule has 3 nitrogen and oxygen atoms in total. The van der Waals surface area contributed by atoms with Crippen molar-refractivity contribution < 1.29 is 9.47 Å². The summed E-state index contributed by atoms with van der Waals surface area (Å²) in [6, 6.07) is 8.21. The predicted octanol–water partition coefficient (Wildman–Crippen LogP) is 1.86. The molecule has 16 heavy (non-hydrogen) atoms. The highest BCUT2D eigenvalue weighted by Crippen LogP contribution is 2.11. The van der Waals surface area contributed by atoms with E-state index in [9.17, 15) is 0 Å². The molecule has 0 aliphatic rings. The topological polar surface area (TPSA) is 30.5 Å². The molecular formula is C13H21NO2. The number of hydrogen-bond acceptors (Lipinski definition) is 3. The van der Waals surface area contributed by atoms with E-state index in [-0.39, 0.29) is 0 Å². The van der Waals surface area contributed by atoms with Crippen molar-refractivity contribution in [3.63, 3.8) is 0 Å². The number of methoxy groups -OCH3 is 2. The Morgan fingerprint density at radius 3 is 2.44 bits per heavy atom. The zero-order valence-corrected chi connectivity index (χ0v) is 10.2. The lowest BCUT2D eigenvalue weighted by Crippen LogP contribution is -2.19. The van der Waals surface area contributed by atoms with Gasteiger partial charge in [-0.15, -0.1) is 0 Å². The van der Waals surface area contributed by atoms with Gasteiger partial charge in [0.2, 0.25) is 0 Å². The molecule has 0 radical (unpaired) electrons. The van der Waals surface area contributed by atoms with Gasteiger partial charge in [-0.1, -0.05) is 12.1 Å². The van der Waals surface area contributed by atoms with Crippen LogP contribution in [0.15, 0.2) is 24.3 Å². The lowest BCUT2D eigenvalue weighted by atomic mass is 10.1. The molecule has 0 aromatic heterocycles. The van der Waals surface area contributed by atoms with Gasteiger partial charge in [0.05, 0.1) is 7.11 Å². The Balaban J connectivity index is 2.12. The second-order valence-corrected chi connectivity index (χ2v) is 3.69. The molecular weight excluding hydrogens is 202 g/mol. The van der Waals surface area contributed by atoms with E-state index in [1.165, 1.54) is 5.56 Å². The molecule has 0 bridgehead atoms. The summed E-state index contributed by atoms with van der Waals surface area (Å²) in [5, 5.41) is 3.39. The van der Waals surface area contributed by atoms with E-state index in [1.54, 1.807) is 14.2 Å². The second kappa shape index (κ2) is 8.13. The molecule has 1 aromatic rings. The van der Waals surface area contributed by atoms with Gasteiger partial charge in [-0.2, -0.15) is 0 Å². The third-order valence-electron chi connectivity index (χ3n) is 2.45. The summed E-state index contributed by atoms with van der Waals surface area (Å²) < 4.78 is 10.1. The summed E-state index contributed by atoms with van der Waals surface area (Å²) in [5.41, 5.74) is 1.33. The standard InChI is InChI=1S/C13H21NO2/c1-15-11-3-9-14-10-8-12-4-6-13(16-2)7-5-12/h4-7,14H,3,8-11H2,1-2H3. The van der Waals surface area contributed by atoms with Gasteiger partial charge in [0.15, 0.2) is 0 Å². The predicted molar refractivity (Wildman–Crippen MR) is 66.1 cm³/mol. The van der Waals surface area contributed by atoms with Gasteiger partial charge in [0.25, 0.3) is 0 Å². The molecule has 0 unspecified atom stereocenters. The largest absolute Gasteiger partial charge is 0.497 e. The Hall–Kier alpha value is -1.06. The van der Waals surface area contributed by atoms with E-state index in [1.807, 2.05) is 12.1 Å². The summed E-state index contributed by atoms with van der Waals surface area (Å²) in [6.07, 6.45) is 2.12. The Bertz CT molecular complexity index is 272. The van der Waals surface area contributed by atoms with E-state index in [2.05, 4.69) is 17.4 Å². The van der Waals surface area contributed by atoms with Crippen molar-refractivity contribution in [3.8, 4) is 5.75 Å². The average molecular weight is 223 g/mol. The van der Waals surface area contributed by atoms with Crippen LogP contribution < -0.4 is 10.1 Å². The zero-order chi connectivity index (χ0) is 11.6. The molecule has 0 atom stereocenters. The maximum Gasteiger partial charge on any atom is 0.118 e. The molecule has 0 saturated heterocycles. The highest BCUT2D eigenvalue weighted by molar-refractivity contribution is 5.27. The lowest BCUT2D eigenvalue weighted by Gasteiger charge is -2.05. The van der Waals surface area contributed by atoms with Crippen molar-refractivity contribution in [1.82, 2.24) is 5.32 Å². The van der Waals surface area contributed by atoms with Crippen molar-refractivity contribution in [2.75, 3.05) is 33.9 Å².